The first kappa shape index (κ1) is 29.6. The lowest BCUT2D eigenvalue weighted by molar-refractivity contribution is 0.00491. The highest BCUT2D eigenvalue weighted by molar-refractivity contribution is 5.96. The van der Waals surface area contributed by atoms with Gasteiger partial charge in [0.15, 0.2) is 0 Å². The van der Waals surface area contributed by atoms with Crippen LogP contribution in [0.2, 0.25) is 0 Å². The summed E-state index contributed by atoms with van der Waals surface area (Å²) in [6, 6.07) is 14.8. The van der Waals surface area contributed by atoms with E-state index in [0.717, 1.165) is 77.1 Å². The lowest BCUT2D eigenvalue weighted by atomic mass is 9.85. The predicted molar refractivity (Wildman–Crippen MR) is 163 cm³/mol. The van der Waals surface area contributed by atoms with Crippen LogP contribution in [0.1, 0.15) is 77.9 Å². The van der Waals surface area contributed by atoms with Crippen molar-refractivity contribution in [3.63, 3.8) is 0 Å². The highest BCUT2D eigenvalue weighted by Crippen LogP contribution is 2.38. The molecule has 1 aromatic carbocycles. The van der Waals surface area contributed by atoms with E-state index in [9.17, 15) is 14.9 Å². The Labute approximate surface area is 255 Å². The van der Waals surface area contributed by atoms with Crippen LogP contribution in [0.25, 0.3) is 0 Å². The van der Waals surface area contributed by atoms with E-state index in [4.69, 9.17) is 4.74 Å². The molecular weight excluding hydrogens is 540 g/mol. The fourth-order valence-electron chi connectivity index (χ4n) is 7.78. The molecule has 2 aromatic rings. The third-order valence-corrected chi connectivity index (χ3v) is 10.4. The van der Waals surface area contributed by atoms with Crippen molar-refractivity contribution < 1.29 is 14.3 Å². The van der Waals surface area contributed by atoms with Crippen molar-refractivity contribution in [3.05, 3.63) is 64.5 Å². The number of carbonyl (C=O) groups excluding carboxylic acids is 2. The molecule has 0 N–H and O–H groups in total. The summed E-state index contributed by atoms with van der Waals surface area (Å²) in [5, 5.41) is 9.23. The maximum atomic E-state index is 13.9. The zero-order chi connectivity index (χ0) is 30.1. The summed E-state index contributed by atoms with van der Waals surface area (Å²) in [6.45, 7) is 12.4. The van der Waals surface area contributed by atoms with Gasteiger partial charge in [0.05, 0.1) is 23.9 Å². The van der Waals surface area contributed by atoms with Crippen molar-refractivity contribution in [3.8, 4) is 6.07 Å². The number of pyridine rings is 1. The topological polar surface area (TPSA) is 93.0 Å². The number of carbonyl (C=O) groups is 2. The van der Waals surface area contributed by atoms with E-state index in [1.807, 2.05) is 24.8 Å². The monoisotopic (exact) mass is 584 g/mol. The Bertz CT molecular complexity index is 1350. The van der Waals surface area contributed by atoms with Crippen molar-refractivity contribution >= 4 is 11.9 Å². The van der Waals surface area contributed by atoms with Crippen LogP contribution in [0.15, 0.2) is 36.4 Å². The number of benzene rings is 1. The van der Waals surface area contributed by atoms with Gasteiger partial charge in [0, 0.05) is 63.4 Å². The molecule has 4 saturated heterocycles. The van der Waals surface area contributed by atoms with E-state index < -0.39 is 0 Å². The molecule has 9 nitrogen and oxygen atoms in total. The van der Waals surface area contributed by atoms with Gasteiger partial charge in [-0.1, -0.05) is 30.3 Å². The second-order valence-corrected chi connectivity index (χ2v) is 13.2. The quantitative estimate of drug-likeness (QED) is 0.495. The van der Waals surface area contributed by atoms with Gasteiger partial charge in [0.2, 0.25) is 0 Å². The van der Waals surface area contributed by atoms with Crippen molar-refractivity contribution in [2.75, 3.05) is 52.5 Å². The van der Waals surface area contributed by atoms with Gasteiger partial charge in [0.1, 0.15) is 11.8 Å². The summed E-state index contributed by atoms with van der Waals surface area (Å²) in [6.07, 6.45) is 4.78. The van der Waals surface area contributed by atoms with Gasteiger partial charge in [-0.3, -0.25) is 9.69 Å². The maximum Gasteiger partial charge on any atom is 0.320 e. The summed E-state index contributed by atoms with van der Waals surface area (Å²) < 4.78 is 5.61. The molecule has 9 heteroatoms. The van der Waals surface area contributed by atoms with Crippen LogP contribution in [0, 0.1) is 31.1 Å². The smallest absolute Gasteiger partial charge is 0.320 e. The van der Waals surface area contributed by atoms with Gasteiger partial charge in [-0.2, -0.15) is 5.26 Å². The van der Waals surface area contributed by atoms with Crippen molar-refractivity contribution in [2.45, 2.75) is 70.5 Å². The number of likely N-dealkylation sites (tertiary alicyclic amines) is 2. The molecule has 0 saturated carbocycles. The van der Waals surface area contributed by atoms with Crippen molar-refractivity contribution in [1.29, 1.82) is 5.26 Å². The molecule has 4 fully saturated rings. The molecule has 3 amide bonds. The molecule has 0 unspecified atom stereocenters. The molecule has 5 heterocycles. The van der Waals surface area contributed by atoms with E-state index in [0.29, 0.717) is 36.0 Å². The van der Waals surface area contributed by atoms with Gasteiger partial charge < -0.3 is 19.4 Å². The number of hydrogen-bond acceptors (Lipinski definition) is 6. The molecule has 228 valence electrons. The van der Waals surface area contributed by atoms with Crippen LogP contribution in [-0.4, -0.2) is 101 Å². The number of nitriles is 1. The SMILES string of the molecule is Cc1cc(C#N)nc(C)c1C(=O)N1CCC(C)(N2CCC(N3C(=O)N(C[C@@H]4CCOC4)C[C@H]3c3ccccc3)CC2)CC1. The van der Waals surface area contributed by atoms with Crippen LogP contribution in [0.4, 0.5) is 4.79 Å². The molecule has 4 aliphatic rings. The number of piperidine rings is 2. The molecule has 43 heavy (non-hydrogen) atoms. The van der Waals surface area contributed by atoms with E-state index in [1.165, 1.54) is 5.56 Å². The average Bonchev–Trinajstić information content (AvgIpc) is 3.65. The van der Waals surface area contributed by atoms with Crippen LogP contribution in [-0.2, 0) is 4.74 Å². The summed E-state index contributed by atoms with van der Waals surface area (Å²) in [5.74, 6) is 0.446. The van der Waals surface area contributed by atoms with Crippen LogP contribution in [0.3, 0.4) is 0 Å². The molecule has 0 aliphatic carbocycles. The number of amides is 3. The Morgan fingerprint density at radius 3 is 2.44 bits per heavy atom. The first-order valence-electron chi connectivity index (χ1n) is 15.9. The van der Waals surface area contributed by atoms with E-state index >= 15 is 0 Å². The Kier molecular flexibility index (Phi) is 8.43. The minimum absolute atomic E-state index is 0.0148. The molecule has 1 aromatic heterocycles. The number of rotatable bonds is 6. The van der Waals surface area contributed by atoms with E-state index in [-0.39, 0.29) is 29.6 Å². The highest BCUT2D eigenvalue weighted by Gasteiger charge is 2.45. The molecule has 0 radical (unpaired) electrons. The minimum Gasteiger partial charge on any atom is -0.381 e. The second-order valence-electron chi connectivity index (χ2n) is 13.2. The minimum atomic E-state index is 0.0148. The number of hydrogen-bond donors (Lipinski definition) is 0. The predicted octanol–water partition coefficient (Wildman–Crippen LogP) is 4.54. The molecular formula is C34H44N6O3. The first-order chi connectivity index (χ1) is 20.8. The van der Waals surface area contributed by atoms with Crippen molar-refractivity contribution in [1.82, 2.24) is 24.6 Å². The Morgan fingerprint density at radius 1 is 1.09 bits per heavy atom. The number of ether oxygens (including phenoxy) is 1. The van der Waals surface area contributed by atoms with Crippen LogP contribution >= 0.6 is 0 Å². The lowest BCUT2D eigenvalue weighted by Crippen LogP contribution is -2.58. The van der Waals surface area contributed by atoms with Crippen molar-refractivity contribution in [2.24, 2.45) is 5.92 Å². The standard InChI is InChI=1S/C34H44N6O3/c1-24-19-28(20-35)36-25(2)31(24)32(41)37-16-12-34(3,13-17-37)39-14-9-29(10-15-39)40-30(27-7-5-4-6-8-27)22-38(33(40)42)21-26-11-18-43-23-26/h4-8,19,26,29-30H,9-18,21-23H2,1-3H3/t26-,30-/m0/s1. The summed E-state index contributed by atoms with van der Waals surface area (Å²) in [7, 11) is 0. The van der Waals surface area contributed by atoms with Crippen LogP contribution < -0.4 is 0 Å². The third kappa shape index (κ3) is 5.87. The zero-order valence-corrected chi connectivity index (χ0v) is 25.8. The Hall–Kier alpha value is -3.48. The Balaban J connectivity index is 1.09. The maximum absolute atomic E-state index is 13.9. The number of urea groups is 1. The van der Waals surface area contributed by atoms with Gasteiger partial charge in [-0.05, 0) is 70.1 Å². The number of nitrogens with zero attached hydrogens (tertiary/aromatic N) is 6. The summed E-state index contributed by atoms with van der Waals surface area (Å²) in [5.41, 5.74) is 3.65. The molecule has 0 spiro atoms. The molecule has 2 atom stereocenters. The second kappa shape index (κ2) is 12.3. The van der Waals surface area contributed by atoms with Gasteiger partial charge >= 0.3 is 6.03 Å². The summed E-state index contributed by atoms with van der Waals surface area (Å²) >= 11 is 0. The van der Waals surface area contributed by atoms with Gasteiger partial charge in [-0.15, -0.1) is 0 Å². The fraction of sp³-hybridized carbons (Fsp3) is 0.588. The normalized spacial score (nSPS) is 24.9. The van der Waals surface area contributed by atoms with Crippen LogP contribution in [0.5, 0.6) is 0 Å². The number of aryl methyl sites for hydroxylation is 2. The van der Waals surface area contributed by atoms with E-state index in [1.54, 1.807) is 6.07 Å². The average molecular weight is 585 g/mol. The highest BCUT2D eigenvalue weighted by atomic mass is 16.5. The molecule has 0 bridgehead atoms. The van der Waals surface area contributed by atoms with Gasteiger partial charge in [0.25, 0.3) is 5.91 Å². The first-order valence-corrected chi connectivity index (χ1v) is 15.9. The van der Waals surface area contributed by atoms with Gasteiger partial charge in [-0.25, -0.2) is 9.78 Å². The largest absolute Gasteiger partial charge is 0.381 e. The third-order valence-electron chi connectivity index (χ3n) is 10.4. The Morgan fingerprint density at radius 2 is 1.81 bits per heavy atom. The van der Waals surface area contributed by atoms with E-state index in [2.05, 4.69) is 56.9 Å². The molecule has 6 rings (SSSR count). The fourth-order valence-corrected chi connectivity index (χ4v) is 7.78. The molecule has 4 aliphatic heterocycles. The zero-order valence-electron chi connectivity index (χ0n) is 25.8. The number of aromatic nitrogens is 1. The summed E-state index contributed by atoms with van der Waals surface area (Å²) in [4.78, 5) is 40.5. The lowest BCUT2D eigenvalue weighted by Gasteiger charge is -2.50.